The summed E-state index contributed by atoms with van der Waals surface area (Å²) in [5.41, 5.74) is 2.50. The van der Waals surface area contributed by atoms with Crippen LogP contribution in [0.5, 0.6) is 5.75 Å². The van der Waals surface area contributed by atoms with Crippen LogP contribution in [0.2, 0.25) is 0 Å². The number of ether oxygens (including phenoxy) is 2. The Morgan fingerprint density at radius 2 is 2.06 bits per heavy atom. The second-order valence-electron chi connectivity index (χ2n) is 4.19. The van der Waals surface area contributed by atoms with Crippen LogP contribution in [0.3, 0.4) is 0 Å². The molecule has 0 aromatic heterocycles. The zero-order valence-electron chi connectivity index (χ0n) is 9.74. The molecule has 16 heavy (non-hydrogen) atoms. The van der Waals surface area contributed by atoms with Gasteiger partial charge in [0.05, 0.1) is 13.2 Å². The van der Waals surface area contributed by atoms with Gasteiger partial charge in [0, 0.05) is 6.61 Å². The summed E-state index contributed by atoms with van der Waals surface area (Å²) in [5.74, 6) is 0.885. The summed E-state index contributed by atoms with van der Waals surface area (Å²) in [6.07, 6.45) is 3.28. The van der Waals surface area contributed by atoms with Crippen molar-refractivity contribution in [2.75, 3.05) is 13.7 Å². The van der Waals surface area contributed by atoms with E-state index in [1.165, 1.54) is 11.1 Å². The van der Waals surface area contributed by atoms with Crippen molar-refractivity contribution in [2.24, 2.45) is 0 Å². The third kappa shape index (κ3) is 2.64. The average molecular weight is 218 g/mol. The van der Waals surface area contributed by atoms with E-state index in [0.29, 0.717) is 0 Å². The van der Waals surface area contributed by atoms with Crippen LogP contribution < -0.4 is 4.74 Å². The second kappa shape index (κ2) is 5.17. The van der Waals surface area contributed by atoms with Gasteiger partial charge in [0.1, 0.15) is 5.75 Å². The fourth-order valence-electron chi connectivity index (χ4n) is 2.00. The van der Waals surface area contributed by atoms with Gasteiger partial charge in [-0.05, 0) is 37.0 Å². The van der Waals surface area contributed by atoms with E-state index >= 15 is 0 Å². The van der Waals surface area contributed by atoms with Crippen LogP contribution >= 0.6 is 0 Å². The Morgan fingerprint density at radius 1 is 1.31 bits per heavy atom. The molecule has 2 heteroatoms. The Hall–Kier alpha value is -1.28. The van der Waals surface area contributed by atoms with Crippen LogP contribution in [0.4, 0.5) is 0 Å². The fourth-order valence-corrected chi connectivity index (χ4v) is 2.00. The summed E-state index contributed by atoms with van der Waals surface area (Å²) < 4.78 is 11.0. The van der Waals surface area contributed by atoms with Crippen LogP contribution in [0.15, 0.2) is 36.4 Å². The molecule has 1 aromatic rings. The third-order valence-corrected chi connectivity index (χ3v) is 2.96. The highest BCUT2D eigenvalue weighted by Gasteiger charge is 2.16. The first-order valence-corrected chi connectivity index (χ1v) is 5.72. The molecule has 0 saturated carbocycles. The zero-order chi connectivity index (χ0) is 11.4. The summed E-state index contributed by atoms with van der Waals surface area (Å²) in [6.45, 7) is 4.91. The summed E-state index contributed by atoms with van der Waals surface area (Å²) >= 11 is 0. The highest BCUT2D eigenvalue weighted by molar-refractivity contribution is 5.29. The summed E-state index contributed by atoms with van der Waals surface area (Å²) in [5, 5.41) is 0. The van der Waals surface area contributed by atoms with Crippen molar-refractivity contribution in [3.05, 3.63) is 42.0 Å². The highest BCUT2D eigenvalue weighted by Crippen LogP contribution is 2.30. The van der Waals surface area contributed by atoms with Crippen LogP contribution in [0.25, 0.3) is 0 Å². The van der Waals surface area contributed by atoms with Gasteiger partial charge in [-0.3, -0.25) is 0 Å². The molecule has 2 rings (SSSR count). The number of hydrogen-bond donors (Lipinski definition) is 0. The van der Waals surface area contributed by atoms with Crippen molar-refractivity contribution in [2.45, 2.75) is 25.4 Å². The maximum absolute atomic E-state index is 5.83. The molecule has 0 spiro atoms. The van der Waals surface area contributed by atoms with Gasteiger partial charge in [-0.1, -0.05) is 24.3 Å². The minimum absolute atomic E-state index is 0.168. The molecule has 1 unspecified atom stereocenters. The van der Waals surface area contributed by atoms with Crippen molar-refractivity contribution < 1.29 is 9.47 Å². The lowest BCUT2D eigenvalue weighted by Gasteiger charge is -2.16. The number of benzene rings is 1. The minimum Gasteiger partial charge on any atom is -0.497 e. The van der Waals surface area contributed by atoms with Crippen molar-refractivity contribution in [3.63, 3.8) is 0 Å². The van der Waals surface area contributed by atoms with E-state index in [1.807, 2.05) is 12.1 Å². The molecule has 0 N–H and O–H groups in total. The minimum atomic E-state index is 0.168. The van der Waals surface area contributed by atoms with Gasteiger partial charge in [-0.15, -0.1) is 0 Å². The quantitative estimate of drug-likeness (QED) is 0.707. The molecular weight excluding hydrogens is 200 g/mol. The van der Waals surface area contributed by atoms with Gasteiger partial charge < -0.3 is 9.47 Å². The van der Waals surface area contributed by atoms with Gasteiger partial charge in [0.25, 0.3) is 0 Å². The molecule has 0 radical (unpaired) electrons. The molecule has 0 bridgehead atoms. The van der Waals surface area contributed by atoms with Gasteiger partial charge in [0.2, 0.25) is 0 Å². The Balaban J connectivity index is 2.12. The number of rotatable bonds is 2. The molecular formula is C14H18O2. The smallest absolute Gasteiger partial charge is 0.118 e. The lowest BCUT2D eigenvalue weighted by Crippen LogP contribution is -2.03. The molecule has 0 aliphatic carbocycles. The summed E-state index contributed by atoms with van der Waals surface area (Å²) in [7, 11) is 1.68. The predicted octanol–water partition coefficient (Wildman–Crippen LogP) is 3.49. The van der Waals surface area contributed by atoms with Crippen molar-refractivity contribution in [1.29, 1.82) is 0 Å². The molecule has 1 saturated heterocycles. The monoisotopic (exact) mass is 218 g/mol. The van der Waals surface area contributed by atoms with Crippen molar-refractivity contribution in [1.82, 2.24) is 0 Å². The molecule has 2 nitrogen and oxygen atoms in total. The lowest BCUT2D eigenvalue weighted by molar-refractivity contribution is 0.0613. The van der Waals surface area contributed by atoms with E-state index in [0.717, 1.165) is 31.6 Å². The van der Waals surface area contributed by atoms with Crippen molar-refractivity contribution >= 4 is 0 Å². The van der Waals surface area contributed by atoms with Crippen LogP contribution in [0.1, 0.15) is 30.9 Å². The van der Waals surface area contributed by atoms with Crippen LogP contribution in [-0.4, -0.2) is 13.7 Å². The van der Waals surface area contributed by atoms with Gasteiger partial charge in [0.15, 0.2) is 0 Å². The SMILES string of the molecule is C=C1CCCOC(c2ccc(OC)cc2)C1. The van der Waals surface area contributed by atoms with E-state index in [4.69, 9.17) is 9.47 Å². The molecule has 1 aromatic carbocycles. The number of hydrogen-bond acceptors (Lipinski definition) is 2. The van der Waals surface area contributed by atoms with Crippen LogP contribution in [0, 0.1) is 0 Å². The van der Waals surface area contributed by atoms with Crippen LogP contribution in [-0.2, 0) is 4.74 Å². The van der Waals surface area contributed by atoms with E-state index in [1.54, 1.807) is 7.11 Å². The van der Waals surface area contributed by atoms with Gasteiger partial charge >= 0.3 is 0 Å². The first-order valence-electron chi connectivity index (χ1n) is 5.72. The molecule has 86 valence electrons. The van der Waals surface area contributed by atoms with E-state index < -0.39 is 0 Å². The Kier molecular flexibility index (Phi) is 3.62. The molecule has 1 atom stereocenters. The van der Waals surface area contributed by atoms with Gasteiger partial charge in [-0.2, -0.15) is 0 Å². The molecule has 1 aliphatic rings. The topological polar surface area (TPSA) is 18.5 Å². The molecule has 0 amide bonds. The first-order chi connectivity index (χ1) is 7.79. The van der Waals surface area contributed by atoms with E-state index in [2.05, 4.69) is 18.7 Å². The predicted molar refractivity (Wildman–Crippen MR) is 64.7 cm³/mol. The summed E-state index contributed by atoms with van der Waals surface area (Å²) in [4.78, 5) is 0. The fraction of sp³-hybridized carbons (Fsp3) is 0.429. The Labute approximate surface area is 96.9 Å². The Morgan fingerprint density at radius 3 is 2.75 bits per heavy atom. The van der Waals surface area contributed by atoms with Gasteiger partial charge in [-0.25, -0.2) is 0 Å². The Bertz CT molecular complexity index is 354. The largest absolute Gasteiger partial charge is 0.497 e. The molecule has 1 fully saturated rings. The van der Waals surface area contributed by atoms with E-state index in [-0.39, 0.29) is 6.10 Å². The normalized spacial score (nSPS) is 21.6. The lowest BCUT2D eigenvalue weighted by atomic mass is 10.0. The number of methoxy groups -OCH3 is 1. The molecule has 1 heterocycles. The maximum atomic E-state index is 5.83. The zero-order valence-corrected chi connectivity index (χ0v) is 9.74. The third-order valence-electron chi connectivity index (χ3n) is 2.96. The van der Waals surface area contributed by atoms with Crippen molar-refractivity contribution in [3.8, 4) is 5.75 Å². The van der Waals surface area contributed by atoms with E-state index in [9.17, 15) is 0 Å². The second-order valence-corrected chi connectivity index (χ2v) is 4.19. The first kappa shape index (κ1) is 11.2. The standard InChI is InChI=1S/C14H18O2/c1-11-4-3-9-16-14(10-11)12-5-7-13(15-2)8-6-12/h5-8,14H,1,3-4,9-10H2,2H3. The maximum Gasteiger partial charge on any atom is 0.118 e. The summed E-state index contributed by atoms with van der Waals surface area (Å²) in [6, 6.07) is 8.10. The average Bonchev–Trinajstić information content (AvgIpc) is 2.54. The molecule has 1 aliphatic heterocycles. The highest BCUT2D eigenvalue weighted by atomic mass is 16.5.